The zero-order valence-electron chi connectivity index (χ0n) is 9.98. The van der Waals surface area contributed by atoms with Gasteiger partial charge in [-0.05, 0) is 40.2 Å². The fourth-order valence-corrected chi connectivity index (χ4v) is 2.60. The molecule has 0 heterocycles. The van der Waals surface area contributed by atoms with Gasteiger partial charge in [0.1, 0.15) is 17.3 Å². The van der Waals surface area contributed by atoms with Crippen LogP contribution in [0.25, 0.3) is 0 Å². The predicted molar refractivity (Wildman–Crippen MR) is 80.8 cm³/mol. The summed E-state index contributed by atoms with van der Waals surface area (Å²) in [4.78, 5) is 0. The maximum Gasteiger partial charge on any atom is 0.175 e. The summed E-state index contributed by atoms with van der Waals surface area (Å²) in [6.45, 7) is 0. The molecule has 4 nitrogen and oxygen atoms in total. The van der Waals surface area contributed by atoms with Gasteiger partial charge in [0.05, 0.1) is 5.56 Å². The van der Waals surface area contributed by atoms with E-state index in [0.717, 1.165) is 0 Å². The lowest BCUT2D eigenvalue weighted by molar-refractivity contribution is 0.318. The van der Waals surface area contributed by atoms with Gasteiger partial charge in [-0.1, -0.05) is 27.2 Å². The lowest BCUT2D eigenvalue weighted by atomic mass is 10.2. The zero-order valence-corrected chi connectivity index (χ0v) is 13.2. The molecule has 0 unspecified atom stereocenters. The van der Waals surface area contributed by atoms with Crippen molar-refractivity contribution in [1.82, 2.24) is 0 Å². The highest BCUT2D eigenvalue weighted by Gasteiger charge is 2.13. The van der Waals surface area contributed by atoms with Crippen molar-refractivity contribution in [3.05, 3.63) is 56.7 Å². The van der Waals surface area contributed by atoms with Crippen molar-refractivity contribution in [2.24, 2.45) is 10.9 Å². The Kier molecular flexibility index (Phi) is 4.61. The largest absolute Gasteiger partial charge is 0.456 e. The third-order valence-electron chi connectivity index (χ3n) is 2.40. The number of hydrogen-bond donors (Lipinski definition) is 2. The molecule has 2 rings (SSSR count). The van der Waals surface area contributed by atoms with Gasteiger partial charge >= 0.3 is 0 Å². The van der Waals surface area contributed by atoms with E-state index in [1.54, 1.807) is 24.3 Å². The first-order valence-corrected chi connectivity index (χ1v) is 7.00. The zero-order chi connectivity index (χ0) is 14.7. The van der Waals surface area contributed by atoms with Crippen LogP contribution in [0.4, 0.5) is 4.39 Å². The number of oxime groups is 1. The lowest BCUT2D eigenvalue weighted by Crippen LogP contribution is -2.15. The van der Waals surface area contributed by atoms with E-state index in [9.17, 15) is 4.39 Å². The Bertz CT molecular complexity index is 657. The molecule has 0 aliphatic carbocycles. The maximum absolute atomic E-state index is 13.3. The Labute approximate surface area is 131 Å². The number of hydrogen-bond acceptors (Lipinski definition) is 3. The smallest absolute Gasteiger partial charge is 0.175 e. The molecule has 20 heavy (non-hydrogen) atoms. The van der Waals surface area contributed by atoms with Crippen molar-refractivity contribution in [3.8, 4) is 11.5 Å². The van der Waals surface area contributed by atoms with Crippen LogP contribution < -0.4 is 10.5 Å². The Morgan fingerprint density at radius 3 is 2.65 bits per heavy atom. The molecule has 0 aliphatic heterocycles. The minimum absolute atomic E-state index is 0.108. The van der Waals surface area contributed by atoms with E-state index in [2.05, 4.69) is 37.0 Å². The summed E-state index contributed by atoms with van der Waals surface area (Å²) in [5.41, 5.74) is 6.00. The van der Waals surface area contributed by atoms with Crippen molar-refractivity contribution < 1.29 is 14.3 Å². The molecule has 7 heteroatoms. The topological polar surface area (TPSA) is 67.8 Å². The molecule has 0 aliphatic rings. The van der Waals surface area contributed by atoms with Gasteiger partial charge in [-0.15, -0.1) is 0 Å². The normalized spacial score (nSPS) is 11.4. The Balaban J connectivity index is 2.46. The van der Waals surface area contributed by atoms with Gasteiger partial charge in [0, 0.05) is 15.0 Å². The highest BCUT2D eigenvalue weighted by atomic mass is 79.9. The van der Waals surface area contributed by atoms with Crippen molar-refractivity contribution in [3.63, 3.8) is 0 Å². The minimum atomic E-state index is -0.435. The van der Waals surface area contributed by atoms with Gasteiger partial charge < -0.3 is 15.7 Å². The summed E-state index contributed by atoms with van der Waals surface area (Å²) in [6.07, 6.45) is 0. The average molecular weight is 404 g/mol. The number of rotatable bonds is 3. The second kappa shape index (κ2) is 6.23. The van der Waals surface area contributed by atoms with Crippen LogP contribution in [0, 0.1) is 5.82 Å². The van der Waals surface area contributed by atoms with Gasteiger partial charge in [0.2, 0.25) is 0 Å². The summed E-state index contributed by atoms with van der Waals surface area (Å²) in [5.74, 6) is 0.0896. The van der Waals surface area contributed by atoms with Gasteiger partial charge in [0.25, 0.3) is 0 Å². The van der Waals surface area contributed by atoms with Gasteiger partial charge in [-0.3, -0.25) is 0 Å². The van der Waals surface area contributed by atoms with E-state index in [-0.39, 0.29) is 5.84 Å². The van der Waals surface area contributed by atoms with Crippen LogP contribution in [0.5, 0.6) is 11.5 Å². The number of ether oxygens (including phenoxy) is 1. The molecule has 104 valence electrons. The molecule has 3 N–H and O–H groups in total. The van der Waals surface area contributed by atoms with Gasteiger partial charge in [-0.25, -0.2) is 4.39 Å². The summed E-state index contributed by atoms with van der Waals surface area (Å²) in [6, 6.07) is 9.25. The number of nitrogens with zero attached hydrogens (tertiary/aromatic N) is 1. The molecule has 0 saturated carbocycles. The van der Waals surface area contributed by atoms with Crippen molar-refractivity contribution in [1.29, 1.82) is 0 Å². The molecule has 0 saturated heterocycles. The highest BCUT2D eigenvalue weighted by molar-refractivity contribution is 9.10. The number of amidine groups is 1. The predicted octanol–water partition coefficient (Wildman–Crippen LogP) is 4.24. The monoisotopic (exact) mass is 402 g/mol. The van der Waals surface area contributed by atoms with Crippen LogP contribution in [-0.2, 0) is 0 Å². The van der Waals surface area contributed by atoms with Gasteiger partial charge in [-0.2, -0.15) is 0 Å². The molecule has 0 spiro atoms. The third-order valence-corrected chi connectivity index (χ3v) is 3.52. The standard InChI is InChI=1S/C13H9Br2FN2O2/c14-7-4-8(16)6-9(5-7)20-11-3-1-2-10(15)12(11)13(17)18-19/h1-6,19H,(H2,17,18). The summed E-state index contributed by atoms with van der Waals surface area (Å²) >= 11 is 6.48. The molecule has 0 bridgehead atoms. The van der Waals surface area contributed by atoms with Crippen LogP contribution >= 0.6 is 31.9 Å². The first-order chi connectivity index (χ1) is 9.51. The number of nitrogens with two attached hydrogens (primary N) is 1. The van der Waals surface area contributed by atoms with E-state index >= 15 is 0 Å². The van der Waals surface area contributed by atoms with E-state index in [1.807, 2.05) is 0 Å². The Morgan fingerprint density at radius 2 is 2.00 bits per heavy atom. The molecule has 0 amide bonds. The third kappa shape index (κ3) is 3.29. The fraction of sp³-hybridized carbons (Fsp3) is 0. The minimum Gasteiger partial charge on any atom is -0.456 e. The maximum atomic E-state index is 13.3. The van der Waals surface area contributed by atoms with Crippen LogP contribution in [0.1, 0.15) is 5.56 Å². The SMILES string of the molecule is N/C(=N/O)c1c(Br)cccc1Oc1cc(F)cc(Br)c1. The summed E-state index contributed by atoms with van der Waals surface area (Å²) < 4.78 is 20.1. The number of halogens is 3. The molecule has 2 aromatic carbocycles. The van der Waals surface area contributed by atoms with E-state index in [1.165, 1.54) is 12.1 Å². The molecule has 0 radical (unpaired) electrons. The van der Waals surface area contributed by atoms with Crippen molar-refractivity contribution in [2.45, 2.75) is 0 Å². The molecular formula is C13H9Br2FN2O2. The fourth-order valence-electron chi connectivity index (χ4n) is 1.60. The first kappa shape index (κ1) is 14.8. The molecular weight excluding hydrogens is 395 g/mol. The molecule has 0 aromatic heterocycles. The van der Waals surface area contributed by atoms with Crippen LogP contribution in [0.2, 0.25) is 0 Å². The summed E-state index contributed by atoms with van der Waals surface area (Å²) in [7, 11) is 0. The first-order valence-electron chi connectivity index (χ1n) is 5.41. The highest BCUT2D eigenvalue weighted by Crippen LogP contribution is 2.32. The Morgan fingerprint density at radius 1 is 1.25 bits per heavy atom. The second-order valence-corrected chi connectivity index (χ2v) is 5.58. The lowest BCUT2D eigenvalue weighted by Gasteiger charge is -2.12. The van der Waals surface area contributed by atoms with Crippen LogP contribution in [0.15, 0.2) is 50.5 Å². The number of benzene rings is 2. The second-order valence-electron chi connectivity index (χ2n) is 3.81. The molecule has 2 aromatic rings. The Hall–Kier alpha value is -1.60. The quantitative estimate of drug-likeness (QED) is 0.348. The van der Waals surface area contributed by atoms with Crippen molar-refractivity contribution in [2.75, 3.05) is 0 Å². The van der Waals surface area contributed by atoms with E-state index < -0.39 is 5.82 Å². The van der Waals surface area contributed by atoms with E-state index in [4.69, 9.17) is 15.7 Å². The summed E-state index contributed by atoms with van der Waals surface area (Å²) in [5, 5.41) is 11.8. The molecule has 0 atom stereocenters. The average Bonchev–Trinajstić information content (AvgIpc) is 2.37. The van der Waals surface area contributed by atoms with Gasteiger partial charge in [0.15, 0.2) is 5.84 Å². The van der Waals surface area contributed by atoms with Crippen LogP contribution in [0.3, 0.4) is 0 Å². The van der Waals surface area contributed by atoms with Crippen LogP contribution in [-0.4, -0.2) is 11.0 Å². The van der Waals surface area contributed by atoms with E-state index in [0.29, 0.717) is 26.0 Å². The van der Waals surface area contributed by atoms with Crippen molar-refractivity contribution >= 4 is 37.7 Å². The molecule has 0 fully saturated rings.